The maximum absolute atomic E-state index is 12.6. The van der Waals surface area contributed by atoms with Gasteiger partial charge in [0.25, 0.3) is 0 Å². The topological polar surface area (TPSA) is 93.7 Å². The second-order valence-corrected chi connectivity index (χ2v) is 7.72. The van der Waals surface area contributed by atoms with E-state index in [0.717, 1.165) is 12.0 Å². The van der Waals surface area contributed by atoms with Crippen LogP contribution in [-0.4, -0.2) is 48.2 Å². The molecule has 1 aromatic carbocycles. The highest BCUT2D eigenvalue weighted by atomic mass is 32.2. The third-order valence-electron chi connectivity index (χ3n) is 4.87. The molecular weight excluding hydrogens is 368 g/mol. The van der Waals surface area contributed by atoms with E-state index in [2.05, 4.69) is 10.6 Å². The molecule has 2 fully saturated rings. The van der Waals surface area contributed by atoms with E-state index in [1.165, 1.54) is 11.8 Å². The van der Waals surface area contributed by atoms with Crippen molar-refractivity contribution in [3.05, 3.63) is 35.9 Å². The van der Waals surface area contributed by atoms with Crippen molar-refractivity contribution in [2.75, 3.05) is 12.0 Å². The van der Waals surface area contributed by atoms with Gasteiger partial charge < -0.3 is 20.1 Å². The Hall–Kier alpha value is -2.22. The molecule has 1 aliphatic heterocycles. The Labute approximate surface area is 162 Å². The van der Waals surface area contributed by atoms with Crippen LogP contribution in [0.15, 0.2) is 30.3 Å². The van der Waals surface area contributed by atoms with Crippen molar-refractivity contribution in [2.45, 2.75) is 44.1 Å². The predicted octanol–water partition coefficient (Wildman–Crippen LogP) is 1.85. The third-order valence-corrected chi connectivity index (χ3v) is 5.54. The largest absolute Gasteiger partial charge is 0.462 e. The summed E-state index contributed by atoms with van der Waals surface area (Å²) in [6.07, 6.45) is 3.32. The molecule has 3 rings (SSSR count). The van der Waals surface area contributed by atoms with Gasteiger partial charge in [0.1, 0.15) is 18.8 Å². The van der Waals surface area contributed by atoms with Gasteiger partial charge in [-0.15, -0.1) is 0 Å². The Morgan fingerprint density at radius 2 is 2.07 bits per heavy atom. The molecule has 0 aromatic heterocycles. The lowest BCUT2D eigenvalue weighted by atomic mass is 9.85. The molecule has 1 aromatic rings. The van der Waals surface area contributed by atoms with Gasteiger partial charge in [-0.25, -0.2) is 4.79 Å². The Kier molecular flexibility index (Phi) is 6.60. The number of carbonyl (C=O) groups is 3. The molecule has 1 heterocycles. The smallest absolute Gasteiger partial charge is 0.408 e. The molecule has 2 bridgehead atoms. The number of amides is 2. The molecule has 1 saturated carbocycles. The standard InChI is InChI=1S/C19H24N2O5S/c1-27-11-16(21-19(24)25-10-12-5-3-2-4-6-12)17(22)20-15-8-7-13-9-14(15)18(23)26-13/h2-6,13-16H,7-11H2,1H3,(H,20,22)(H,21,24)/t13-,14-,15+,16+/m1/s1. The maximum atomic E-state index is 12.6. The van der Waals surface area contributed by atoms with E-state index in [1.54, 1.807) is 0 Å². The average molecular weight is 392 g/mol. The van der Waals surface area contributed by atoms with Crippen molar-refractivity contribution in [1.29, 1.82) is 0 Å². The number of ether oxygens (including phenoxy) is 2. The maximum Gasteiger partial charge on any atom is 0.408 e. The first-order chi connectivity index (χ1) is 13.1. The quantitative estimate of drug-likeness (QED) is 0.688. The number of nitrogens with one attached hydrogen (secondary N) is 2. The summed E-state index contributed by atoms with van der Waals surface area (Å²) in [5, 5.41) is 5.54. The second-order valence-electron chi connectivity index (χ2n) is 6.81. The number of carbonyl (C=O) groups excluding carboxylic acids is 3. The fraction of sp³-hybridized carbons (Fsp3) is 0.526. The molecule has 0 radical (unpaired) electrons. The van der Waals surface area contributed by atoms with Gasteiger partial charge in [0.2, 0.25) is 5.91 Å². The van der Waals surface area contributed by atoms with E-state index in [1.807, 2.05) is 36.6 Å². The highest BCUT2D eigenvalue weighted by Gasteiger charge is 2.44. The molecule has 0 unspecified atom stereocenters. The van der Waals surface area contributed by atoms with Crippen LogP contribution in [0.4, 0.5) is 4.79 Å². The number of hydrogen-bond acceptors (Lipinski definition) is 6. The fourth-order valence-corrected chi connectivity index (χ4v) is 4.03. The molecule has 2 N–H and O–H groups in total. The van der Waals surface area contributed by atoms with E-state index >= 15 is 0 Å². The molecule has 0 spiro atoms. The van der Waals surface area contributed by atoms with Crippen molar-refractivity contribution in [2.24, 2.45) is 5.92 Å². The lowest BCUT2D eigenvalue weighted by Gasteiger charge is -2.27. The highest BCUT2D eigenvalue weighted by Crippen LogP contribution is 2.34. The van der Waals surface area contributed by atoms with Crippen LogP contribution in [0.5, 0.6) is 0 Å². The number of alkyl carbamates (subject to hydrolysis) is 1. The number of esters is 1. The molecule has 146 valence electrons. The molecular formula is C19H24N2O5S. The predicted molar refractivity (Wildman–Crippen MR) is 101 cm³/mol. The van der Waals surface area contributed by atoms with E-state index < -0.39 is 12.1 Å². The van der Waals surface area contributed by atoms with Gasteiger partial charge in [0.05, 0.1) is 5.92 Å². The van der Waals surface area contributed by atoms with Crippen LogP contribution < -0.4 is 10.6 Å². The van der Waals surface area contributed by atoms with E-state index in [0.29, 0.717) is 18.6 Å². The van der Waals surface area contributed by atoms with Crippen molar-refractivity contribution >= 4 is 29.7 Å². The Bertz CT molecular complexity index is 684. The highest BCUT2D eigenvalue weighted by molar-refractivity contribution is 7.98. The molecule has 27 heavy (non-hydrogen) atoms. The Morgan fingerprint density at radius 3 is 2.81 bits per heavy atom. The molecule has 7 nitrogen and oxygen atoms in total. The SMILES string of the molecule is CSC[C@H](NC(=O)OCc1ccccc1)C(=O)N[C@H]1CC[C@@H]2C[C@H]1C(=O)O2. The summed E-state index contributed by atoms with van der Waals surface area (Å²) < 4.78 is 10.5. The fourth-order valence-electron chi connectivity index (χ4n) is 3.46. The summed E-state index contributed by atoms with van der Waals surface area (Å²) in [5.74, 6) is -0.409. The van der Waals surface area contributed by atoms with Gasteiger partial charge in [-0.1, -0.05) is 30.3 Å². The Morgan fingerprint density at radius 1 is 1.30 bits per heavy atom. The minimum Gasteiger partial charge on any atom is -0.462 e. The van der Waals surface area contributed by atoms with Crippen LogP contribution in [0.3, 0.4) is 0 Å². The third kappa shape index (κ3) is 5.15. The summed E-state index contributed by atoms with van der Waals surface area (Å²) in [5.41, 5.74) is 0.870. The first kappa shape index (κ1) is 19.5. The van der Waals surface area contributed by atoms with Crippen LogP contribution >= 0.6 is 11.8 Å². The zero-order chi connectivity index (χ0) is 19.2. The lowest BCUT2D eigenvalue weighted by Crippen LogP contribution is -2.53. The number of fused-ring (bicyclic) bond motifs is 2. The molecule has 4 atom stereocenters. The monoisotopic (exact) mass is 392 g/mol. The molecule has 8 heteroatoms. The summed E-state index contributed by atoms with van der Waals surface area (Å²) in [6, 6.07) is 8.36. The molecule has 1 saturated heterocycles. The van der Waals surface area contributed by atoms with Crippen LogP contribution in [0.1, 0.15) is 24.8 Å². The van der Waals surface area contributed by atoms with Gasteiger partial charge in [-0.3, -0.25) is 9.59 Å². The van der Waals surface area contributed by atoms with Gasteiger partial charge in [-0.2, -0.15) is 11.8 Å². The Balaban J connectivity index is 1.52. The summed E-state index contributed by atoms with van der Waals surface area (Å²) >= 11 is 1.45. The van der Waals surface area contributed by atoms with Crippen LogP contribution in [0.25, 0.3) is 0 Å². The summed E-state index contributed by atoms with van der Waals surface area (Å²) in [7, 11) is 0. The van der Waals surface area contributed by atoms with Gasteiger partial charge in [0.15, 0.2) is 0 Å². The van der Waals surface area contributed by atoms with Crippen molar-refractivity contribution in [3.63, 3.8) is 0 Å². The van der Waals surface area contributed by atoms with Crippen molar-refractivity contribution < 1.29 is 23.9 Å². The molecule has 1 aliphatic carbocycles. The summed E-state index contributed by atoms with van der Waals surface area (Å²) in [4.78, 5) is 36.6. The van der Waals surface area contributed by atoms with E-state index in [-0.39, 0.29) is 36.5 Å². The van der Waals surface area contributed by atoms with E-state index in [4.69, 9.17) is 9.47 Å². The lowest BCUT2D eigenvalue weighted by molar-refractivity contribution is -0.143. The molecule has 2 amide bonds. The van der Waals surface area contributed by atoms with E-state index in [9.17, 15) is 14.4 Å². The number of benzene rings is 1. The first-order valence-electron chi connectivity index (χ1n) is 9.04. The minimum atomic E-state index is -0.724. The van der Waals surface area contributed by atoms with Crippen molar-refractivity contribution in [1.82, 2.24) is 10.6 Å². The first-order valence-corrected chi connectivity index (χ1v) is 10.4. The van der Waals surface area contributed by atoms with Gasteiger partial charge >= 0.3 is 12.1 Å². The summed E-state index contributed by atoms with van der Waals surface area (Å²) in [6.45, 7) is 0.137. The average Bonchev–Trinajstić information content (AvgIpc) is 2.97. The van der Waals surface area contributed by atoms with Crippen LogP contribution in [0, 0.1) is 5.92 Å². The number of rotatable bonds is 7. The normalized spacial score (nSPS) is 24.6. The van der Waals surface area contributed by atoms with Gasteiger partial charge in [0, 0.05) is 11.8 Å². The number of thioether (sulfide) groups is 1. The zero-order valence-electron chi connectivity index (χ0n) is 15.2. The zero-order valence-corrected chi connectivity index (χ0v) is 16.0. The van der Waals surface area contributed by atoms with Crippen LogP contribution in [-0.2, 0) is 25.7 Å². The second kappa shape index (κ2) is 9.12. The molecule has 2 aliphatic rings. The number of hydrogen-bond donors (Lipinski definition) is 2. The van der Waals surface area contributed by atoms with Crippen LogP contribution in [0.2, 0.25) is 0 Å². The minimum absolute atomic E-state index is 0.0104. The van der Waals surface area contributed by atoms with Crippen molar-refractivity contribution in [3.8, 4) is 0 Å². The van der Waals surface area contributed by atoms with Gasteiger partial charge in [-0.05, 0) is 31.1 Å².